The van der Waals surface area contributed by atoms with E-state index in [4.69, 9.17) is 37.6 Å². The number of hydrogen-bond donors (Lipinski definition) is 7. The van der Waals surface area contributed by atoms with Gasteiger partial charge in [-0.3, -0.25) is 14.8 Å². The van der Waals surface area contributed by atoms with Crippen LogP contribution in [0.5, 0.6) is 0 Å². The summed E-state index contributed by atoms with van der Waals surface area (Å²) in [6, 6.07) is 0.795. The first-order valence-electron chi connectivity index (χ1n) is 6.25. The van der Waals surface area contributed by atoms with Crippen LogP contribution in [0.4, 0.5) is 0 Å². The third-order valence-electron chi connectivity index (χ3n) is 1.90. The zero-order valence-electron chi connectivity index (χ0n) is 12.5. The van der Waals surface area contributed by atoms with Crippen molar-refractivity contribution in [1.82, 2.24) is 9.97 Å². The lowest BCUT2D eigenvalue weighted by atomic mass is 10.3. The maximum Gasteiger partial charge on any atom is 0.352 e. The number of unbranched alkanes of at least 4 members (excludes halogenated alkanes) is 1. The molecule has 0 aliphatic carbocycles. The topological polar surface area (TPSA) is 257 Å². The van der Waals surface area contributed by atoms with Gasteiger partial charge in [-0.15, -0.1) is 10.1 Å². The molecule has 0 aliphatic rings. The van der Waals surface area contributed by atoms with Crippen molar-refractivity contribution in [2.24, 2.45) is 22.2 Å². The van der Waals surface area contributed by atoms with Gasteiger partial charge in [0.1, 0.15) is 5.69 Å². The van der Waals surface area contributed by atoms with Crippen LogP contribution in [0, 0.1) is 10.1 Å². The Labute approximate surface area is 134 Å². The Morgan fingerprint density at radius 1 is 1.29 bits per heavy atom. The van der Waals surface area contributed by atoms with Crippen LogP contribution in [0.2, 0.25) is 0 Å². The summed E-state index contributed by atoms with van der Waals surface area (Å²) in [5.41, 5.74) is 13.4. The van der Waals surface area contributed by atoms with E-state index in [-0.39, 0.29) is 5.96 Å². The number of nitrogens with two attached hydrogens (primary N) is 3. The van der Waals surface area contributed by atoms with E-state index < -0.39 is 28.0 Å². The third kappa shape index (κ3) is 16.6. The smallest absolute Gasteiger partial charge is 0.352 e. The molecule has 0 amide bonds. The molecular weight excluding hydrogens is 330 g/mol. The van der Waals surface area contributed by atoms with Crippen LogP contribution in [0.25, 0.3) is 0 Å². The van der Waals surface area contributed by atoms with Crippen LogP contribution in [0.1, 0.15) is 23.3 Å². The number of nitrogens with one attached hydrogen (secondary N) is 2. The molecule has 0 fully saturated rings. The predicted octanol–water partition coefficient (Wildman–Crippen LogP) is -2.59. The van der Waals surface area contributed by atoms with E-state index in [1.165, 1.54) is 0 Å². The fourth-order valence-corrected chi connectivity index (χ4v) is 1.05. The van der Waals surface area contributed by atoms with Gasteiger partial charge < -0.3 is 32.5 Å². The Kier molecular flexibility index (Phi) is 12.6. The number of H-pyrrole nitrogens is 2. The van der Waals surface area contributed by atoms with E-state index >= 15 is 0 Å². The summed E-state index contributed by atoms with van der Waals surface area (Å²) in [7, 11) is 0. The lowest BCUT2D eigenvalue weighted by Crippen LogP contribution is -2.24. The zero-order chi connectivity index (χ0) is 19.1. The third-order valence-corrected chi connectivity index (χ3v) is 1.90. The molecule has 0 aromatic carbocycles. The highest BCUT2D eigenvalue weighted by Crippen LogP contribution is 1.84. The number of guanidine groups is 1. The number of carbonyl (C=O) groups is 1. The number of aromatic nitrogens is 2. The highest BCUT2D eigenvalue weighted by molar-refractivity contribution is 5.84. The SMILES string of the molecule is NCCCCN=C(N)N.O=C(O)c1cc(=O)[nH]c(=O)[nH]1.O=[N+]([O-])O. The van der Waals surface area contributed by atoms with E-state index in [0.29, 0.717) is 13.1 Å². The number of aliphatic imine (C=N–C) groups is 1. The van der Waals surface area contributed by atoms with E-state index in [0.717, 1.165) is 18.9 Å². The summed E-state index contributed by atoms with van der Waals surface area (Å²) in [5.74, 6) is -1.18. The lowest BCUT2D eigenvalue weighted by Gasteiger charge is -1.92. The molecule has 14 nitrogen and oxygen atoms in total. The quantitative estimate of drug-likeness (QED) is 0.0958. The fraction of sp³-hybridized carbons (Fsp3) is 0.400. The molecule has 136 valence electrons. The van der Waals surface area contributed by atoms with Crippen LogP contribution in [-0.4, -0.2) is 50.4 Å². The summed E-state index contributed by atoms with van der Waals surface area (Å²) in [6.45, 7) is 1.40. The Balaban J connectivity index is 0. The van der Waals surface area contributed by atoms with E-state index in [2.05, 4.69) is 4.99 Å². The van der Waals surface area contributed by atoms with Gasteiger partial charge in [-0.25, -0.2) is 9.59 Å². The van der Waals surface area contributed by atoms with Crippen LogP contribution >= 0.6 is 0 Å². The Bertz CT molecular complexity index is 615. The number of aromatic amines is 2. The minimum atomic E-state index is -1.50. The molecule has 1 heterocycles. The van der Waals surface area contributed by atoms with Gasteiger partial charge in [0.25, 0.3) is 10.6 Å². The number of carboxylic acids is 1. The summed E-state index contributed by atoms with van der Waals surface area (Å²) >= 11 is 0. The van der Waals surface area contributed by atoms with Crippen molar-refractivity contribution in [1.29, 1.82) is 0 Å². The predicted molar refractivity (Wildman–Crippen MR) is 82.4 cm³/mol. The van der Waals surface area contributed by atoms with Crippen molar-refractivity contribution in [3.63, 3.8) is 0 Å². The molecule has 0 bridgehead atoms. The van der Waals surface area contributed by atoms with Crippen molar-refractivity contribution >= 4 is 11.9 Å². The van der Waals surface area contributed by atoms with Gasteiger partial charge in [0, 0.05) is 12.6 Å². The van der Waals surface area contributed by atoms with Crippen LogP contribution in [0.3, 0.4) is 0 Å². The minimum Gasteiger partial charge on any atom is -0.477 e. The summed E-state index contributed by atoms with van der Waals surface area (Å²) in [5, 5.41) is 21.9. The number of aromatic carboxylic acids is 1. The molecule has 1 rings (SSSR count). The molecule has 0 spiro atoms. The lowest BCUT2D eigenvalue weighted by molar-refractivity contribution is -0.742. The number of nitrogens with zero attached hydrogens (tertiary/aromatic N) is 2. The number of hydrogen-bond acceptors (Lipinski definition) is 7. The van der Waals surface area contributed by atoms with Gasteiger partial charge in [0.15, 0.2) is 5.96 Å². The fourth-order valence-electron chi connectivity index (χ4n) is 1.05. The Morgan fingerprint density at radius 2 is 1.83 bits per heavy atom. The van der Waals surface area contributed by atoms with E-state index in [9.17, 15) is 14.4 Å². The molecule has 14 heteroatoms. The normalized spacial score (nSPS) is 8.71. The van der Waals surface area contributed by atoms with Gasteiger partial charge >= 0.3 is 11.7 Å². The highest BCUT2D eigenvalue weighted by Gasteiger charge is 2.03. The molecule has 10 N–H and O–H groups in total. The van der Waals surface area contributed by atoms with E-state index in [1.54, 1.807) is 0 Å². The van der Waals surface area contributed by atoms with Gasteiger partial charge in [-0.2, -0.15) is 0 Å². The van der Waals surface area contributed by atoms with Crippen LogP contribution < -0.4 is 28.5 Å². The molecular formula is C10H19N7O7. The summed E-state index contributed by atoms with van der Waals surface area (Å²) in [4.78, 5) is 47.0. The minimum absolute atomic E-state index is 0.159. The van der Waals surface area contributed by atoms with Gasteiger partial charge in [-0.05, 0) is 19.4 Å². The molecule has 0 saturated carbocycles. The molecule has 0 atom stereocenters. The van der Waals surface area contributed by atoms with Crippen molar-refractivity contribution in [2.45, 2.75) is 12.8 Å². The van der Waals surface area contributed by atoms with Crippen molar-refractivity contribution in [2.75, 3.05) is 13.1 Å². The number of carboxylic acid groups (broad SMARTS) is 1. The molecule has 0 unspecified atom stereocenters. The first kappa shape index (κ1) is 22.9. The molecule has 0 radical (unpaired) electrons. The molecule has 1 aromatic heterocycles. The molecule has 0 saturated heterocycles. The molecule has 1 aromatic rings. The second-order valence-corrected chi connectivity index (χ2v) is 3.85. The summed E-state index contributed by atoms with van der Waals surface area (Å²) < 4.78 is 0. The van der Waals surface area contributed by atoms with E-state index in [1.807, 2.05) is 9.97 Å². The molecule has 24 heavy (non-hydrogen) atoms. The first-order valence-corrected chi connectivity index (χ1v) is 6.25. The Morgan fingerprint density at radius 3 is 2.21 bits per heavy atom. The largest absolute Gasteiger partial charge is 0.477 e. The monoisotopic (exact) mass is 349 g/mol. The second-order valence-electron chi connectivity index (χ2n) is 3.85. The average molecular weight is 349 g/mol. The van der Waals surface area contributed by atoms with Crippen molar-refractivity contribution < 1.29 is 20.2 Å². The first-order chi connectivity index (χ1) is 11.1. The summed E-state index contributed by atoms with van der Waals surface area (Å²) in [6.07, 6.45) is 1.95. The number of rotatable bonds is 5. The van der Waals surface area contributed by atoms with Gasteiger partial charge in [0.2, 0.25) is 0 Å². The van der Waals surface area contributed by atoms with Gasteiger partial charge in [-0.1, -0.05) is 0 Å². The highest BCUT2D eigenvalue weighted by atomic mass is 16.9. The Hall–Kier alpha value is -3.42. The maximum atomic E-state index is 10.5. The van der Waals surface area contributed by atoms with Crippen molar-refractivity contribution in [3.8, 4) is 0 Å². The molecule has 0 aliphatic heterocycles. The van der Waals surface area contributed by atoms with Crippen LogP contribution in [-0.2, 0) is 0 Å². The average Bonchev–Trinajstić information content (AvgIpc) is 2.42. The zero-order valence-corrected chi connectivity index (χ0v) is 12.5. The maximum absolute atomic E-state index is 10.5. The second kappa shape index (κ2) is 13.3. The van der Waals surface area contributed by atoms with Crippen molar-refractivity contribution in [3.05, 3.63) is 42.7 Å². The van der Waals surface area contributed by atoms with Gasteiger partial charge in [0.05, 0.1) is 0 Å². The standard InChI is InChI=1S/C5H14N4.C5H4N2O4.HNO3/c6-3-1-2-4-9-5(7)8;8-3-1-2(4(9)10)6-5(11)7-3;2-1(3)4/h1-4,6H2,(H4,7,8,9);1H,(H,9,10)(H2,6,7,8,11);(H,2,3,4). The van der Waals surface area contributed by atoms with Crippen LogP contribution in [0.15, 0.2) is 20.6 Å².